The summed E-state index contributed by atoms with van der Waals surface area (Å²) < 4.78 is 28.4. The molecule has 24 N–H and O–H groups in total. The van der Waals surface area contributed by atoms with Crippen molar-refractivity contribution in [3.63, 3.8) is 0 Å². The van der Waals surface area contributed by atoms with Gasteiger partial charge in [0, 0.05) is 12.3 Å². The van der Waals surface area contributed by atoms with Crippen molar-refractivity contribution in [2.24, 2.45) is 21.5 Å². The van der Waals surface area contributed by atoms with Gasteiger partial charge < -0.3 is 144 Å². The van der Waals surface area contributed by atoms with Crippen LogP contribution < -0.4 is 53.4 Å². The summed E-state index contributed by atoms with van der Waals surface area (Å²) in [7, 11) is 0. The zero-order valence-corrected chi connectivity index (χ0v) is 48.2. The minimum Gasteiger partial charge on any atom is -0.462 e. The number of guanidine groups is 2. The van der Waals surface area contributed by atoms with Crippen LogP contribution in [0.2, 0.25) is 0 Å². The fourth-order valence-corrected chi connectivity index (χ4v) is 11.2. The molecule has 4 fully saturated rings. The van der Waals surface area contributed by atoms with Gasteiger partial charge in [-0.15, -0.1) is 0 Å². The molecule has 498 valence electrons. The van der Waals surface area contributed by atoms with Crippen molar-refractivity contribution in [2.75, 3.05) is 46.1 Å². The summed E-state index contributed by atoms with van der Waals surface area (Å²) in [6, 6.07) is 2.34. The van der Waals surface area contributed by atoms with Crippen LogP contribution in [0.5, 0.6) is 5.75 Å². The predicted molar refractivity (Wildman–Crippen MR) is 302 cm³/mol. The number of carbonyl (C=O) groups excluding carboxylic acids is 6. The Morgan fingerprint density at radius 1 is 0.589 bits per heavy atom. The normalized spacial score (nSPS) is 37.5. The van der Waals surface area contributed by atoms with Crippen LogP contribution in [0.1, 0.15) is 30.4 Å². The third-order valence-corrected chi connectivity index (χ3v) is 16.4. The molecule has 0 bridgehead atoms. The molecule has 2 aromatic rings. The first-order valence-corrected chi connectivity index (χ1v) is 28.8. The first-order chi connectivity index (χ1) is 42.9. The van der Waals surface area contributed by atoms with Crippen molar-refractivity contribution in [3.05, 3.63) is 65.7 Å². The molecule has 4 unspecified atom stereocenters. The molecule has 6 heterocycles. The Morgan fingerprint density at radius 3 is 1.81 bits per heavy atom. The standard InChI is InChI=1S/C54H78N12O24/c1-20(22-5-3-2-4-6-22)33-48(84)60-25(11-21-7-9-24(10-8-21)86-51-43(80)40(77)44(31(19-70)89-51)90-52-42(79)39(76)37(74)30(18-69)88-52)47(83)65-34(35(72)27-14-58-53(55)63-27)49(85)61-26(46(82)62-28(16-67)45(81)57-15-32(71)64-33)12-23-13-59-54(56)66(23)50-41(78)38(75)36(73)29(17-68)87-50/h2-10,20,23,25-31,33-44,50-52,67-70,72-80H,11-19H2,1H3,(H2,56,59)(H,57,81)(H,60,84)(H,61,85)(H,62,82)(H,64,71)(H,65,83)(H3,55,58,63)/t20?,23?,25-,26-,27?,28+,29-,30-,31-,33+,34+,35?,36-,37-,38+,39+,40-,41+,42+,43+,44-,50+,51+,52-/m1/s1. The smallest absolute Gasteiger partial charge is 0.246 e. The maximum atomic E-state index is 15.1. The van der Waals surface area contributed by atoms with Gasteiger partial charge in [-0.2, -0.15) is 0 Å². The van der Waals surface area contributed by atoms with E-state index in [9.17, 15) is 90.4 Å². The maximum Gasteiger partial charge on any atom is 0.246 e. The van der Waals surface area contributed by atoms with E-state index in [4.69, 9.17) is 35.2 Å². The minimum atomic E-state index is -2.11. The summed E-state index contributed by atoms with van der Waals surface area (Å²) in [5.74, 6) is -8.11. The number of ether oxygens (including phenoxy) is 5. The van der Waals surface area contributed by atoms with Crippen molar-refractivity contribution in [1.82, 2.24) is 42.1 Å². The van der Waals surface area contributed by atoms with E-state index in [0.29, 0.717) is 5.56 Å². The molecular weight excluding hydrogens is 1200 g/mol. The van der Waals surface area contributed by atoms with Gasteiger partial charge in [-0.3, -0.25) is 38.8 Å². The maximum absolute atomic E-state index is 15.1. The Labute approximate surface area is 512 Å². The molecule has 6 aliphatic heterocycles. The molecule has 4 saturated heterocycles. The molecule has 2 aromatic carbocycles. The van der Waals surface area contributed by atoms with E-state index >= 15 is 4.79 Å². The van der Waals surface area contributed by atoms with Gasteiger partial charge in [0.2, 0.25) is 41.7 Å². The number of nitrogens with one attached hydrogen (secondary N) is 7. The van der Waals surface area contributed by atoms with Crippen LogP contribution in [0, 0.1) is 0 Å². The van der Waals surface area contributed by atoms with E-state index in [-0.39, 0.29) is 36.3 Å². The molecule has 0 spiro atoms. The van der Waals surface area contributed by atoms with Crippen molar-refractivity contribution >= 4 is 47.4 Å². The first-order valence-electron chi connectivity index (χ1n) is 28.8. The molecule has 0 radical (unpaired) electrons. The summed E-state index contributed by atoms with van der Waals surface area (Å²) in [5, 5.41) is 156. The molecule has 6 amide bonds. The zero-order valence-electron chi connectivity index (χ0n) is 48.2. The van der Waals surface area contributed by atoms with E-state index in [0.717, 1.165) is 4.90 Å². The monoisotopic (exact) mass is 1280 g/mol. The number of rotatable bonds is 17. The zero-order chi connectivity index (χ0) is 65.4. The van der Waals surface area contributed by atoms with E-state index in [1.165, 1.54) is 24.3 Å². The highest BCUT2D eigenvalue weighted by Gasteiger charge is 2.53. The summed E-state index contributed by atoms with van der Waals surface area (Å²) >= 11 is 0. The summed E-state index contributed by atoms with van der Waals surface area (Å²) in [6.07, 6.45) is -29.2. The van der Waals surface area contributed by atoms with Crippen LogP contribution in [0.3, 0.4) is 0 Å². The Hall–Kier alpha value is -7.08. The SMILES string of the molecule is CC(c1ccccc1)[C@@H]1NC(=O)CNC(=O)[C@H](CO)NC(=O)[C@@H](CC2CN=C(N)N2[C@H]2O[C@H](CO)[C@@H](O)[C@H](O)[C@@H]2O)NC(=O)[C@H](C(O)C2CN=C(N)N2)NC(=O)[C@@H](Cc2ccc(O[C@H]3O[C@H](CO)[C@@H](O[C@H]4O[C@H](CO)[C@@H](O)[C@H](O)[C@@H]4O)[C@H](O)[C@@H]3O)cc2)NC1=O. The molecule has 24 atom stereocenters. The quantitative estimate of drug-likeness (QED) is 0.0699. The Bertz CT molecular complexity index is 2870. The van der Waals surface area contributed by atoms with Gasteiger partial charge in [-0.1, -0.05) is 49.4 Å². The lowest BCUT2D eigenvalue weighted by atomic mass is 9.92. The highest BCUT2D eigenvalue weighted by Crippen LogP contribution is 2.32. The number of aliphatic hydroxyl groups excluding tert-OH is 13. The number of aliphatic hydroxyl groups is 13. The first kappa shape index (κ1) is 68.8. The lowest BCUT2D eigenvalue weighted by Gasteiger charge is -2.45. The molecule has 36 heteroatoms. The van der Waals surface area contributed by atoms with Gasteiger partial charge in [-0.05, 0) is 29.7 Å². The number of nitrogens with two attached hydrogens (primary N) is 2. The van der Waals surface area contributed by atoms with E-state index in [2.05, 4.69) is 47.2 Å². The fourth-order valence-electron chi connectivity index (χ4n) is 11.2. The van der Waals surface area contributed by atoms with E-state index < -0.39 is 228 Å². The number of aliphatic imine (C=N–C) groups is 2. The highest BCUT2D eigenvalue weighted by molar-refractivity contribution is 5.98. The number of hydrogen-bond donors (Lipinski definition) is 22. The Morgan fingerprint density at radius 2 is 1.18 bits per heavy atom. The number of benzene rings is 2. The van der Waals surface area contributed by atoms with Crippen LogP contribution in [-0.2, 0) is 54.1 Å². The predicted octanol–water partition coefficient (Wildman–Crippen LogP) is -12.6. The van der Waals surface area contributed by atoms with Gasteiger partial charge in [0.05, 0.1) is 58.1 Å². The van der Waals surface area contributed by atoms with Gasteiger partial charge in [-0.25, -0.2) is 0 Å². The number of hydrogen-bond acceptors (Lipinski definition) is 30. The van der Waals surface area contributed by atoms with Crippen LogP contribution in [-0.4, -0.2) is 305 Å². The van der Waals surface area contributed by atoms with Crippen LogP contribution in [0.4, 0.5) is 0 Å². The number of amides is 6. The van der Waals surface area contributed by atoms with E-state index in [1.807, 2.05) is 0 Å². The van der Waals surface area contributed by atoms with Crippen LogP contribution in [0.15, 0.2) is 64.6 Å². The third kappa shape index (κ3) is 15.6. The molecule has 8 rings (SSSR count). The second kappa shape index (κ2) is 30.4. The summed E-state index contributed by atoms with van der Waals surface area (Å²) in [6.45, 7) is -3.41. The molecule has 36 nitrogen and oxygen atoms in total. The molecule has 90 heavy (non-hydrogen) atoms. The van der Waals surface area contributed by atoms with Gasteiger partial charge in [0.15, 0.2) is 24.4 Å². The number of carbonyl (C=O) groups is 6. The molecule has 0 aromatic heterocycles. The third-order valence-electron chi connectivity index (χ3n) is 16.4. The topological polar surface area (TPSA) is 576 Å². The van der Waals surface area contributed by atoms with Crippen molar-refractivity contribution in [2.45, 2.75) is 166 Å². The summed E-state index contributed by atoms with van der Waals surface area (Å²) in [5.41, 5.74) is 12.9. The Kier molecular flexibility index (Phi) is 23.2. The molecule has 0 saturated carbocycles. The van der Waals surface area contributed by atoms with Crippen LogP contribution in [0.25, 0.3) is 0 Å². The largest absolute Gasteiger partial charge is 0.462 e. The Balaban J connectivity index is 1.09. The molecular formula is C54H78N12O24. The average molecular weight is 1280 g/mol. The van der Waals surface area contributed by atoms with Gasteiger partial charge in [0.25, 0.3) is 0 Å². The van der Waals surface area contributed by atoms with E-state index in [1.54, 1.807) is 37.3 Å². The van der Waals surface area contributed by atoms with Crippen LogP contribution >= 0.6 is 0 Å². The lowest BCUT2D eigenvalue weighted by Crippen LogP contribution is -2.67. The van der Waals surface area contributed by atoms with Crippen molar-refractivity contribution in [1.29, 1.82) is 0 Å². The molecule has 6 aliphatic rings. The second-order valence-corrected chi connectivity index (χ2v) is 22.5. The van der Waals surface area contributed by atoms with Gasteiger partial charge >= 0.3 is 0 Å². The van der Waals surface area contributed by atoms with Crippen molar-refractivity contribution in [3.8, 4) is 5.75 Å². The summed E-state index contributed by atoms with van der Waals surface area (Å²) in [4.78, 5) is 96.3. The molecule has 0 aliphatic carbocycles. The average Bonchev–Trinajstić information content (AvgIpc) is 1.56. The minimum absolute atomic E-state index is 0.0535. The fraction of sp³-hybridized carbons (Fsp3) is 0.630. The lowest BCUT2D eigenvalue weighted by molar-refractivity contribution is -0.352. The highest BCUT2D eigenvalue weighted by atomic mass is 16.7. The van der Waals surface area contributed by atoms with Crippen molar-refractivity contribution < 1.29 is 119 Å². The number of nitrogens with zero attached hydrogens (tertiary/aromatic N) is 3. The second-order valence-electron chi connectivity index (χ2n) is 22.5. The van der Waals surface area contributed by atoms with Gasteiger partial charge in [0.1, 0.15) is 115 Å².